The Kier molecular flexibility index (Phi) is 9.31. The summed E-state index contributed by atoms with van der Waals surface area (Å²) in [7, 11) is 0.376. The Labute approximate surface area is 188 Å². The first-order valence-corrected chi connectivity index (χ1v) is 11.9. The average molecular weight is 544 g/mol. The van der Waals surface area contributed by atoms with E-state index in [1.54, 1.807) is 27.8 Å². The van der Waals surface area contributed by atoms with Crippen molar-refractivity contribution in [1.82, 2.24) is 24.3 Å². The molecule has 2 fully saturated rings. The first kappa shape index (κ1) is 23.7. The standard InChI is InChI=1S/C16H28N6O3S2.HI/c1-17-16(18-3-10-27(23,24)22-5-8-26-9-6-22)21-4-7-25-15(13-21)14-11-19-20(2)12-14;/h11-12,15H,3-10,13H2,1-2H3,(H,17,18);1H. The molecule has 0 aliphatic carbocycles. The molecule has 9 nitrogen and oxygen atoms in total. The largest absolute Gasteiger partial charge is 0.370 e. The molecule has 1 unspecified atom stereocenters. The zero-order chi connectivity index (χ0) is 19.3. The number of hydrogen-bond acceptors (Lipinski definition) is 6. The number of guanidine groups is 1. The van der Waals surface area contributed by atoms with Gasteiger partial charge in [-0.2, -0.15) is 16.9 Å². The molecular weight excluding hydrogens is 515 g/mol. The maximum Gasteiger partial charge on any atom is 0.215 e. The molecule has 3 rings (SSSR count). The molecule has 28 heavy (non-hydrogen) atoms. The van der Waals surface area contributed by atoms with E-state index in [0.717, 1.165) is 17.1 Å². The number of aryl methyl sites for hydroxylation is 1. The summed E-state index contributed by atoms with van der Waals surface area (Å²) >= 11 is 1.80. The van der Waals surface area contributed by atoms with E-state index in [0.29, 0.717) is 45.3 Å². The topological polar surface area (TPSA) is 92.1 Å². The Morgan fingerprint density at radius 2 is 2.14 bits per heavy atom. The summed E-state index contributed by atoms with van der Waals surface area (Å²) in [6.07, 6.45) is 3.70. The Balaban J connectivity index is 0.00000280. The van der Waals surface area contributed by atoms with Crippen molar-refractivity contribution in [1.29, 1.82) is 0 Å². The molecule has 0 aromatic carbocycles. The number of nitrogens with zero attached hydrogens (tertiary/aromatic N) is 5. The van der Waals surface area contributed by atoms with Gasteiger partial charge in [0.1, 0.15) is 6.10 Å². The van der Waals surface area contributed by atoms with Crippen LogP contribution in [0.25, 0.3) is 0 Å². The van der Waals surface area contributed by atoms with Crippen molar-refractivity contribution in [3.05, 3.63) is 18.0 Å². The van der Waals surface area contributed by atoms with E-state index in [9.17, 15) is 8.42 Å². The van der Waals surface area contributed by atoms with Gasteiger partial charge in [0.25, 0.3) is 0 Å². The summed E-state index contributed by atoms with van der Waals surface area (Å²) in [5.41, 5.74) is 1.03. The first-order valence-electron chi connectivity index (χ1n) is 9.11. The van der Waals surface area contributed by atoms with Gasteiger partial charge in [-0.25, -0.2) is 12.7 Å². The van der Waals surface area contributed by atoms with Gasteiger partial charge in [-0.3, -0.25) is 9.67 Å². The zero-order valence-corrected chi connectivity index (χ0v) is 20.2. The summed E-state index contributed by atoms with van der Waals surface area (Å²) in [5.74, 6) is 2.53. The zero-order valence-electron chi connectivity index (χ0n) is 16.3. The van der Waals surface area contributed by atoms with Gasteiger partial charge < -0.3 is 15.0 Å². The lowest BCUT2D eigenvalue weighted by molar-refractivity contribution is -0.00798. The van der Waals surface area contributed by atoms with Crippen molar-refractivity contribution < 1.29 is 13.2 Å². The summed E-state index contributed by atoms with van der Waals surface area (Å²) in [6.45, 7) is 3.52. The van der Waals surface area contributed by atoms with Gasteiger partial charge in [0.2, 0.25) is 10.0 Å². The Morgan fingerprint density at radius 3 is 2.79 bits per heavy atom. The maximum absolute atomic E-state index is 12.5. The fourth-order valence-corrected chi connectivity index (χ4v) is 5.72. The van der Waals surface area contributed by atoms with Crippen LogP contribution in [-0.4, -0.2) is 97.0 Å². The van der Waals surface area contributed by atoms with E-state index in [1.165, 1.54) is 0 Å². The summed E-state index contributed by atoms with van der Waals surface area (Å²) in [4.78, 5) is 6.42. The molecule has 1 aromatic rings. The van der Waals surface area contributed by atoms with Crippen LogP contribution in [0, 0.1) is 0 Å². The van der Waals surface area contributed by atoms with E-state index in [-0.39, 0.29) is 35.8 Å². The minimum Gasteiger partial charge on any atom is -0.370 e. The molecule has 160 valence electrons. The lowest BCUT2D eigenvalue weighted by Crippen LogP contribution is -2.49. The monoisotopic (exact) mass is 544 g/mol. The molecular formula is C16H29IN6O3S2. The number of sulfonamides is 1. The van der Waals surface area contributed by atoms with Crippen molar-refractivity contribution in [2.24, 2.45) is 12.0 Å². The van der Waals surface area contributed by atoms with Crippen LogP contribution in [0.2, 0.25) is 0 Å². The van der Waals surface area contributed by atoms with Crippen LogP contribution in [0.1, 0.15) is 11.7 Å². The van der Waals surface area contributed by atoms with Gasteiger partial charge in [0.05, 0.1) is 25.1 Å². The normalized spacial score (nSPS) is 22.0. The predicted molar refractivity (Wildman–Crippen MR) is 123 cm³/mol. The fourth-order valence-electron chi connectivity index (χ4n) is 3.23. The van der Waals surface area contributed by atoms with Crippen molar-refractivity contribution >= 4 is 51.7 Å². The van der Waals surface area contributed by atoms with Crippen LogP contribution in [0.5, 0.6) is 0 Å². The lowest BCUT2D eigenvalue weighted by atomic mass is 10.1. The average Bonchev–Trinajstić information content (AvgIpc) is 3.12. The van der Waals surface area contributed by atoms with Crippen LogP contribution in [0.15, 0.2) is 17.4 Å². The highest BCUT2D eigenvalue weighted by atomic mass is 127. The van der Waals surface area contributed by atoms with Crippen molar-refractivity contribution in [3.63, 3.8) is 0 Å². The third-order valence-corrected chi connectivity index (χ3v) is 7.50. The summed E-state index contributed by atoms with van der Waals surface area (Å²) in [6, 6.07) is 0. The van der Waals surface area contributed by atoms with Crippen LogP contribution in [0.3, 0.4) is 0 Å². The molecule has 1 atom stereocenters. The van der Waals surface area contributed by atoms with Crippen molar-refractivity contribution in [2.75, 3.05) is 63.6 Å². The van der Waals surface area contributed by atoms with Gasteiger partial charge in [-0.05, 0) is 0 Å². The second kappa shape index (κ2) is 11.0. The van der Waals surface area contributed by atoms with E-state index >= 15 is 0 Å². The molecule has 12 heteroatoms. The molecule has 1 N–H and O–H groups in total. The third kappa shape index (κ3) is 6.21. The Bertz CT molecular complexity index is 751. The van der Waals surface area contributed by atoms with E-state index in [2.05, 4.69) is 20.3 Å². The maximum atomic E-state index is 12.5. The Morgan fingerprint density at radius 1 is 1.39 bits per heavy atom. The van der Waals surface area contributed by atoms with Gasteiger partial charge in [-0.1, -0.05) is 0 Å². The number of morpholine rings is 1. The number of thioether (sulfide) groups is 1. The molecule has 0 bridgehead atoms. The number of rotatable bonds is 5. The first-order chi connectivity index (χ1) is 13.0. The number of aromatic nitrogens is 2. The van der Waals surface area contributed by atoms with E-state index in [1.807, 2.05) is 19.4 Å². The summed E-state index contributed by atoms with van der Waals surface area (Å²) < 4.78 is 34.1. The summed E-state index contributed by atoms with van der Waals surface area (Å²) in [5, 5.41) is 7.40. The minimum absolute atomic E-state index is 0. The second-order valence-electron chi connectivity index (χ2n) is 6.55. The smallest absolute Gasteiger partial charge is 0.215 e. The number of ether oxygens (including phenoxy) is 1. The molecule has 3 heterocycles. The molecule has 2 aliphatic heterocycles. The molecule has 0 amide bonds. The third-order valence-electron chi connectivity index (χ3n) is 4.68. The van der Waals surface area contributed by atoms with E-state index < -0.39 is 10.0 Å². The van der Waals surface area contributed by atoms with Crippen LogP contribution in [0.4, 0.5) is 0 Å². The predicted octanol–water partition coefficient (Wildman–Crippen LogP) is 0.365. The number of nitrogens with one attached hydrogen (secondary N) is 1. The van der Waals surface area contributed by atoms with Crippen molar-refractivity contribution in [3.8, 4) is 0 Å². The van der Waals surface area contributed by atoms with E-state index in [4.69, 9.17) is 4.74 Å². The molecule has 2 aliphatic rings. The highest BCUT2D eigenvalue weighted by Crippen LogP contribution is 2.21. The highest BCUT2D eigenvalue weighted by molar-refractivity contribution is 14.0. The molecule has 2 saturated heterocycles. The van der Waals surface area contributed by atoms with Crippen LogP contribution in [-0.2, 0) is 21.8 Å². The van der Waals surface area contributed by atoms with Gasteiger partial charge >= 0.3 is 0 Å². The van der Waals surface area contributed by atoms with Crippen LogP contribution < -0.4 is 5.32 Å². The molecule has 0 saturated carbocycles. The number of hydrogen-bond donors (Lipinski definition) is 1. The van der Waals surface area contributed by atoms with Gasteiger partial charge in [0.15, 0.2) is 5.96 Å². The van der Waals surface area contributed by atoms with Crippen molar-refractivity contribution in [2.45, 2.75) is 6.10 Å². The Hall–Kier alpha value is -0.570. The fraction of sp³-hybridized carbons (Fsp3) is 0.750. The second-order valence-corrected chi connectivity index (χ2v) is 9.87. The van der Waals surface area contributed by atoms with Gasteiger partial charge in [0, 0.05) is 63.5 Å². The minimum atomic E-state index is -3.22. The molecule has 0 spiro atoms. The SMILES string of the molecule is CN=C(NCCS(=O)(=O)N1CCSCC1)N1CCOC(c2cnn(C)c2)C1.I. The number of halogens is 1. The lowest BCUT2D eigenvalue weighted by Gasteiger charge is -2.35. The molecule has 1 aromatic heterocycles. The number of aliphatic imine (C=N–C) groups is 1. The quantitative estimate of drug-likeness (QED) is 0.325. The molecule has 0 radical (unpaired) electrons. The van der Waals surface area contributed by atoms with Crippen LogP contribution >= 0.6 is 35.7 Å². The highest BCUT2D eigenvalue weighted by Gasteiger charge is 2.26. The van der Waals surface area contributed by atoms with Gasteiger partial charge in [-0.15, -0.1) is 24.0 Å².